The average Bonchev–Trinajstić information content (AvgIpc) is 3.82. The first-order chi connectivity index (χ1) is 22.5. The van der Waals surface area contributed by atoms with Crippen molar-refractivity contribution in [1.82, 2.24) is 20.2 Å². The summed E-state index contributed by atoms with van der Waals surface area (Å²) in [5, 5.41) is 14.1. The Hall–Kier alpha value is -3.87. The number of halogens is 6. The molecule has 47 heavy (non-hydrogen) atoms. The largest absolute Gasteiger partial charge is 0.467 e. The van der Waals surface area contributed by atoms with E-state index in [4.69, 9.17) is 15.7 Å². The normalized spacial score (nSPS) is 23.8. The quantitative estimate of drug-likeness (QED) is 0.234. The van der Waals surface area contributed by atoms with Crippen LogP contribution in [0.4, 0.5) is 37.2 Å². The molecular formula is C32H35F6N7OS. The number of methoxy groups -OCH3 is 1. The molecule has 4 aliphatic heterocycles. The Morgan fingerprint density at radius 1 is 1.15 bits per heavy atom. The molecule has 8 nitrogen and oxygen atoms in total. The standard InChI is InChI=1S/C20H19F5N4O.C7H12FN.C5H4N2S/c1-30-19-27-17-14(18(28-19)29-9-11-5-6-12(10-29)26-11)8-15(20(23,24)25)13(16(17)22)4-2-3-7-21;8-6-4-7-2-1-3-9(7)5-6;6-3-4-1-2-8-5(4)7/h2-4,7-8,11-12,26H,5-6,9-10H2,1H3;6-7H,1-5H2;1-2H,7H2/b4-2+,7-3+;;. The zero-order valence-corrected chi connectivity index (χ0v) is 26.4. The van der Waals surface area contributed by atoms with Crippen LogP contribution in [0.25, 0.3) is 17.0 Å². The first kappa shape index (κ1) is 34.5. The summed E-state index contributed by atoms with van der Waals surface area (Å²) in [6, 6.07) is 5.39. The van der Waals surface area contributed by atoms with Crippen molar-refractivity contribution in [3.63, 3.8) is 0 Å². The molecule has 0 amide bonds. The van der Waals surface area contributed by atoms with Crippen molar-refractivity contribution in [2.45, 2.75) is 62.6 Å². The van der Waals surface area contributed by atoms with Gasteiger partial charge in [0, 0.05) is 48.7 Å². The van der Waals surface area contributed by atoms with E-state index in [0.717, 1.165) is 50.1 Å². The number of anilines is 2. The SMILES string of the molecule is COc1nc(N2CC3CCC(C2)N3)c2cc(C(F)(F)F)c(/C=C/C=C/F)c(F)c2n1.FC1CC2CCCN2C1.N#Cc1ccsc1N. The maximum absolute atomic E-state index is 15.3. The van der Waals surface area contributed by atoms with Crippen LogP contribution in [-0.2, 0) is 6.18 Å². The molecule has 0 spiro atoms. The summed E-state index contributed by atoms with van der Waals surface area (Å²) in [6.07, 6.45) is 2.78. The van der Waals surface area contributed by atoms with Crippen molar-refractivity contribution in [3.8, 4) is 12.1 Å². The molecule has 4 fully saturated rings. The molecular weight excluding hydrogens is 644 g/mol. The number of nitrogens with one attached hydrogen (secondary N) is 1. The number of hydrogen-bond acceptors (Lipinski definition) is 9. The van der Waals surface area contributed by atoms with Gasteiger partial charge in [0.05, 0.1) is 24.6 Å². The van der Waals surface area contributed by atoms with E-state index in [1.807, 2.05) is 11.0 Å². The van der Waals surface area contributed by atoms with Crippen molar-refractivity contribution >= 4 is 39.1 Å². The van der Waals surface area contributed by atoms with Crippen molar-refractivity contribution in [1.29, 1.82) is 5.26 Å². The fourth-order valence-corrected chi connectivity index (χ4v) is 7.13. The number of alkyl halides is 4. The molecule has 252 valence electrons. The van der Waals surface area contributed by atoms with Gasteiger partial charge >= 0.3 is 12.2 Å². The van der Waals surface area contributed by atoms with Gasteiger partial charge in [-0.1, -0.05) is 12.2 Å². The monoisotopic (exact) mass is 679 g/mol. The number of rotatable bonds is 4. The minimum atomic E-state index is -4.83. The summed E-state index contributed by atoms with van der Waals surface area (Å²) in [5.74, 6) is -0.956. The van der Waals surface area contributed by atoms with Crippen LogP contribution in [0.5, 0.6) is 6.01 Å². The molecule has 3 N–H and O–H groups in total. The molecule has 4 atom stereocenters. The summed E-state index contributed by atoms with van der Waals surface area (Å²) in [5.41, 5.74) is 3.75. The zero-order valence-electron chi connectivity index (χ0n) is 25.6. The predicted octanol–water partition coefficient (Wildman–Crippen LogP) is 6.63. The summed E-state index contributed by atoms with van der Waals surface area (Å²) in [7, 11) is 1.31. The number of benzene rings is 1. The van der Waals surface area contributed by atoms with Crippen molar-refractivity contribution in [2.75, 3.05) is 43.9 Å². The van der Waals surface area contributed by atoms with E-state index in [9.17, 15) is 22.0 Å². The van der Waals surface area contributed by atoms with Gasteiger partial charge < -0.3 is 20.7 Å². The van der Waals surface area contributed by atoms with Crippen LogP contribution in [0.3, 0.4) is 0 Å². The molecule has 0 radical (unpaired) electrons. The highest BCUT2D eigenvalue weighted by Crippen LogP contribution is 2.40. The number of nitriles is 1. The van der Waals surface area contributed by atoms with Crippen LogP contribution in [0.15, 0.2) is 36.0 Å². The van der Waals surface area contributed by atoms with Gasteiger partial charge in [0.2, 0.25) is 0 Å². The Labute approximate surface area is 272 Å². The number of thiophene rings is 1. The molecule has 15 heteroatoms. The minimum absolute atomic E-state index is 0.0416. The lowest BCUT2D eigenvalue weighted by molar-refractivity contribution is -0.137. The van der Waals surface area contributed by atoms with Crippen LogP contribution in [0.1, 0.15) is 48.8 Å². The third-order valence-corrected chi connectivity index (χ3v) is 9.40. The van der Waals surface area contributed by atoms with Gasteiger partial charge in [-0.2, -0.15) is 28.4 Å². The van der Waals surface area contributed by atoms with E-state index in [1.54, 1.807) is 11.4 Å². The van der Waals surface area contributed by atoms with Crippen LogP contribution in [0.2, 0.25) is 0 Å². The second-order valence-electron chi connectivity index (χ2n) is 11.7. The Balaban J connectivity index is 0.000000205. The van der Waals surface area contributed by atoms with Gasteiger partial charge in [0.1, 0.15) is 28.6 Å². The molecule has 2 aromatic heterocycles. The maximum Gasteiger partial charge on any atom is 0.417 e. The molecule has 7 rings (SSSR count). The summed E-state index contributed by atoms with van der Waals surface area (Å²) >= 11 is 1.38. The summed E-state index contributed by atoms with van der Waals surface area (Å²) in [4.78, 5) is 12.4. The zero-order chi connectivity index (χ0) is 33.7. The fourth-order valence-electron chi connectivity index (χ4n) is 6.54. The first-order valence-corrected chi connectivity index (χ1v) is 16.1. The van der Waals surface area contributed by atoms with Crippen LogP contribution in [0, 0.1) is 17.1 Å². The van der Waals surface area contributed by atoms with Gasteiger partial charge in [-0.3, -0.25) is 4.90 Å². The van der Waals surface area contributed by atoms with Crippen LogP contribution >= 0.6 is 11.3 Å². The molecule has 0 saturated carbocycles. The molecule has 3 aromatic rings. The van der Waals surface area contributed by atoms with Crippen molar-refractivity contribution in [2.24, 2.45) is 0 Å². The molecule has 1 aromatic carbocycles. The van der Waals surface area contributed by atoms with E-state index >= 15 is 4.39 Å². The van der Waals surface area contributed by atoms with Crippen molar-refractivity contribution in [3.05, 3.63) is 58.5 Å². The Morgan fingerprint density at radius 2 is 1.89 bits per heavy atom. The number of nitrogens with two attached hydrogens (primary N) is 1. The van der Waals surface area contributed by atoms with E-state index in [1.165, 1.54) is 31.3 Å². The highest BCUT2D eigenvalue weighted by atomic mass is 32.1. The number of allylic oxidation sites excluding steroid dienone is 2. The lowest BCUT2D eigenvalue weighted by atomic mass is 10.0. The number of fused-ring (bicyclic) bond motifs is 4. The van der Waals surface area contributed by atoms with E-state index in [0.29, 0.717) is 36.2 Å². The molecule has 0 aliphatic carbocycles. The minimum Gasteiger partial charge on any atom is -0.467 e. The highest BCUT2D eigenvalue weighted by molar-refractivity contribution is 7.14. The van der Waals surface area contributed by atoms with Crippen molar-refractivity contribution < 1.29 is 31.1 Å². The number of ether oxygens (including phenoxy) is 1. The summed E-state index contributed by atoms with van der Waals surface area (Å²) in [6.45, 7) is 2.94. The second kappa shape index (κ2) is 14.9. The first-order valence-electron chi connectivity index (χ1n) is 15.2. The van der Waals surface area contributed by atoms with E-state index in [-0.39, 0.29) is 41.1 Å². The Kier molecular flexibility index (Phi) is 10.9. The fraction of sp³-hybridized carbons (Fsp3) is 0.469. The molecule has 2 bridgehead atoms. The third kappa shape index (κ3) is 7.99. The smallest absolute Gasteiger partial charge is 0.417 e. The molecule has 4 saturated heterocycles. The lowest BCUT2D eigenvalue weighted by Crippen LogP contribution is -2.51. The number of hydrogen-bond donors (Lipinski definition) is 2. The van der Waals surface area contributed by atoms with Crippen LogP contribution < -0.4 is 20.7 Å². The number of nitrogens with zero attached hydrogens (tertiary/aromatic N) is 5. The second-order valence-corrected chi connectivity index (χ2v) is 12.7. The van der Waals surface area contributed by atoms with E-state index in [2.05, 4.69) is 20.2 Å². The number of nitrogen functional groups attached to an aromatic ring is 1. The van der Waals surface area contributed by atoms with Gasteiger partial charge in [0.15, 0.2) is 5.82 Å². The van der Waals surface area contributed by atoms with Crippen LogP contribution in [-0.4, -0.2) is 72.5 Å². The molecule has 6 heterocycles. The molecule has 4 aliphatic rings. The summed E-state index contributed by atoms with van der Waals surface area (Å²) < 4.78 is 86.4. The number of piperazine rings is 1. The topological polar surface area (TPSA) is 103 Å². The van der Waals surface area contributed by atoms with E-state index < -0.39 is 29.3 Å². The van der Waals surface area contributed by atoms with Gasteiger partial charge in [-0.15, -0.1) is 11.3 Å². The maximum atomic E-state index is 15.3. The van der Waals surface area contributed by atoms with Gasteiger partial charge in [-0.05, 0) is 62.2 Å². The third-order valence-electron chi connectivity index (χ3n) is 8.65. The predicted molar refractivity (Wildman–Crippen MR) is 170 cm³/mol. The van der Waals surface area contributed by atoms with Gasteiger partial charge in [0.25, 0.3) is 0 Å². The lowest BCUT2D eigenvalue weighted by Gasteiger charge is -2.34. The number of aromatic nitrogens is 2. The Morgan fingerprint density at radius 3 is 2.47 bits per heavy atom. The average molecular weight is 680 g/mol. The highest BCUT2D eigenvalue weighted by Gasteiger charge is 2.38. The Bertz CT molecular complexity index is 1630. The van der Waals surface area contributed by atoms with Gasteiger partial charge in [-0.25, -0.2) is 13.2 Å². The molecule has 4 unspecified atom stereocenters.